The molecule has 12 heavy (non-hydrogen) atoms. The monoisotopic (exact) mass is 194 g/mol. The Bertz CT molecular complexity index is 277. The van der Waals surface area contributed by atoms with Gasteiger partial charge in [0.25, 0.3) is 0 Å². The van der Waals surface area contributed by atoms with Crippen molar-refractivity contribution in [2.45, 2.75) is 25.1 Å². The summed E-state index contributed by atoms with van der Waals surface area (Å²) in [5, 5.41) is 1.28. The largest absolute Gasteiger partial charge is 0.418 e. The number of nitrogens with zero attached hydrogens (tertiary/aromatic N) is 1. The van der Waals surface area contributed by atoms with Crippen LogP contribution in [0.15, 0.2) is 0 Å². The van der Waals surface area contributed by atoms with E-state index in [1.54, 1.807) is 0 Å². The lowest BCUT2D eigenvalue weighted by Gasteiger charge is -2.28. The lowest BCUT2D eigenvalue weighted by Crippen LogP contribution is -2.48. The average molecular weight is 194 g/mol. The van der Waals surface area contributed by atoms with Crippen LogP contribution in [0.5, 0.6) is 0 Å². The molecule has 0 spiro atoms. The first-order valence-electron chi connectivity index (χ1n) is 3.73. The molecule has 2 fully saturated rings. The summed E-state index contributed by atoms with van der Waals surface area (Å²) in [4.78, 5) is 0. The number of rotatable bonds is 0. The highest BCUT2D eigenvalue weighted by Gasteiger charge is 2.43. The second-order valence-electron chi connectivity index (χ2n) is 2.92. The summed E-state index contributed by atoms with van der Waals surface area (Å²) in [6.45, 7) is 0.553. The van der Waals surface area contributed by atoms with Crippen molar-refractivity contribution in [3.63, 3.8) is 0 Å². The molecule has 7 heteroatoms. The van der Waals surface area contributed by atoms with Crippen molar-refractivity contribution in [2.75, 3.05) is 6.54 Å². The highest BCUT2D eigenvalue weighted by Crippen LogP contribution is 2.26. The van der Waals surface area contributed by atoms with Crippen LogP contribution < -0.4 is 5.73 Å². The van der Waals surface area contributed by atoms with Crippen molar-refractivity contribution in [3.05, 3.63) is 0 Å². The van der Waals surface area contributed by atoms with E-state index in [1.165, 1.54) is 5.06 Å². The quantitative estimate of drug-likeness (QED) is 0.529. The van der Waals surface area contributed by atoms with Gasteiger partial charge in [-0.05, 0) is 12.8 Å². The predicted octanol–water partition coefficient (Wildman–Crippen LogP) is -1.06. The van der Waals surface area contributed by atoms with Crippen molar-refractivity contribution >= 4 is 10.4 Å². The lowest BCUT2D eigenvalue weighted by molar-refractivity contribution is -0.122. The maximum Gasteiger partial charge on any atom is 0.418 e. The minimum absolute atomic E-state index is 0.281. The van der Waals surface area contributed by atoms with E-state index in [4.69, 9.17) is 5.73 Å². The normalized spacial score (nSPS) is 41.1. The molecule has 0 aromatic rings. The van der Waals surface area contributed by atoms with Gasteiger partial charge in [0.15, 0.2) is 6.23 Å². The van der Waals surface area contributed by atoms with Gasteiger partial charge in [-0.2, -0.15) is 12.7 Å². The van der Waals surface area contributed by atoms with Gasteiger partial charge in [-0.25, -0.2) is 4.18 Å². The molecule has 0 aromatic heterocycles. The third-order valence-electron chi connectivity index (χ3n) is 1.97. The minimum Gasteiger partial charge on any atom is -0.324 e. The van der Waals surface area contributed by atoms with Gasteiger partial charge in [0.1, 0.15) is 0 Å². The first-order chi connectivity index (χ1) is 5.58. The molecule has 2 saturated heterocycles. The van der Waals surface area contributed by atoms with Crippen molar-refractivity contribution < 1.29 is 16.9 Å². The average Bonchev–Trinajstić information content (AvgIpc) is 2.25. The van der Waals surface area contributed by atoms with Crippen molar-refractivity contribution in [1.82, 2.24) is 5.06 Å². The molecule has 2 aliphatic heterocycles. The van der Waals surface area contributed by atoms with Crippen molar-refractivity contribution in [2.24, 2.45) is 5.73 Å². The SMILES string of the molecule is N[C@@H]1CCCN2OS(=O)(=O)OC12. The predicted molar refractivity (Wildman–Crippen MR) is 38.8 cm³/mol. The summed E-state index contributed by atoms with van der Waals surface area (Å²) in [5.74, 6) is 0. The topological polar surface area (TPSA) is 81.9 Å². The Morgan fingerprint density at radius 3 is 2.92 bits per heavy atom. The van der Waals surface area contributed by atoms with E-state index in [9.17, 15) is 8.42 Å². The maximum atomic E-state index is 10.8. The highest BCUT2D eigenvalue weighted by molar-refractivity contribution is 7.82. The number of nitrogens with two attached hydrogens (primary N) is 1. The number of hydrogen-bond acceptors (Lipinski definition) is 6. The molecule has 0 aromatic carbocycles. The molecule has 0 bridgehead atoms. The summed E-state index contributed by atoms with van der Waals surface area (Å²) in [6, 6.07) is -0.281. The Labute approximate surface area is 70.5 Å². The van der Waals surface area contributed by atoms with E-state index in [0.717, 1.165) is 12.8 Å². The van der Waals surface area contributed by atoms with Crippen molar-refractivity contribution in [3.8, 4) is 0 Å². The summed E-state index contributed by atoms with van der Waals surface area (Å²) in [7, 11) is -3.82. The molecule has 0 aliphatic carbocycles. The third-order valence-corrected chi connectivity index (χ3v) is 2.78. The molecule has 2 N–H and O–H groups in total. The highest BCUT2D eigenvalue weighted by atomic mass is 32.3. The zero-order valence-corrected chi connectivity index (χ0v) is 7.16. The molecule has 70 valence electrons. The van der Waals surface area contributed by atoms with Crippen LogP contribution in [0.2, 0.25) is 0 Å². The number of hydroxylamine groups is 2. The fourth-order valence-corrected chi connectivity index (χ4v) is 2.33. The van der Waals surface area contributed by atoms with Gasteiger partial charge in [0.2, 0.25) is 0 Å². The Morgan fingerprint density at radius 1 is 1.50 bits per heavy atom. The molecular formula is C5H10N2O4S. The molecule has 0 amide bonds. The molecular weight excluding hydrogens is 184 g/mol. The van der Waals surface area contributed by atoms with E-state index in [0.29, 0.717) is 6.54 Å². The fraction of sp³-hybridized carbons (Fsp3) is 1.00. The van der Waals surface area contributed by atoms with Crippen LogP contribution in [0.4, 0.5) is 0 Å². The second-order valence-corrected chi connectivity index (χ2v) is 4.07. The van der Waals surface area contributed by atoms with Gasteiger partial charge in [0, 0.05) is 12.6 Å². The van der Waals surface area contributed by atoms with Gasteiger partial charge in [0.05, 0.1) is 0 Å². The van der Waals surface area contributed by atoms with E-state index in [2.05, 4.69) is 8.47 Å². The Kier molecular flexibility index (Phi) is 1.85. The lowest BCUT2D eigenvalue weighted by atomic mass is 10.1. The van der Waals surface area contributed by atoms with Crippen LogP contribution in [0, 0.1) is 0 Å². The van der Waals surface area contributed by atoms with Crippen LogP contribution in [0.25, 0.3) is 0 Å². The first-order valence-corrected chi connectivity index (χ1v) is 5.07. The van der Waals surface area contributed by atoms with Crippen LogP contribution in [-0.4, -0.2) is 32.3 Å². The molecule has 0 radical (unpaired) electrons. The molecule has 1 unspecified atom stereocenters. The summed E-state index contributed by atoms with van der Waals surface area (Å²) in [6.07, 6.45) is 0.972. The van der Waals surface area contributed by atoms with Crippen molar-refractivity contribution in [1.29, 1.82) is 0 Å². The van der Waals surface area contributed by atoms with Gasteiger partial charge in [-0.3, -0.25) is 0 Å². The third kappa shape index (κ3) is 1.34. The summed E-state index contributed by atoms with van der Waals surface area (Å²) in [5.41, 5.74) is 5.63. The minimum atomic E-state index is -3.82. The van der Waals surface area contributed by atoms with Gasteiger partial charge >= 0.3 is 10.4 Å². The number of fused-ring (bicyclic) bond motifs is 1. The first kappa shape index (κ1) is 8.39. The standard InChI is InChI=1S/C5H10N2O4S/c6-4-2-1-3-7-5(4)10-12(8,9)11-7/h4-5H,1-3,6H2/t4-,5?/m1/s1. The molecule has 2 atom stereocenters. The Morgan fingerprint density at radius 2 is 2.25 bits per heavy atom. The zero-order valence-electron chi connectivity index (χ0n) is 6.34. The smallest absolute Gasteiger partial charge is 0.324 e. The van der Waals surface area contributed by atoms with E-state index < -0.39 is 16.6 Å². The maximum absolute atomic E-state index is 10.8. The molecule has 0 saturated carbocycles. The van der Waals surface area contributed by atoms with Gasteiger partial charge in [-0.1, -0.05) is 0 Å². The molecule has 2 aliphatic rings. The van der Waals surface area contributed by atoms with E-state index in [1.807, 2.05) is 0 Å². The number of piperidine rings is 1. The molecule has 2 heterocycles. The van der Waals surface area contributed by atoms with Crippen LogP contribution >= 0.6 is 0 Å². The second kappa shape index (κ2) is 2.64. The van der Waals surface area contributed by atoms with Gasteiger partial charge in [-0.15, -0.1) is 5.06 Å². The Hall–Kier alpha value is -0.210. The number of hydrogen-bond donors (Lipinski definition) is 1. The summed E-state index contributed by atoms with van der Waals surface area (Å²) >= 11 is 0. The zero-order chi connectivity index (χ0) is 8.77. The van der Waals surface area contributed by atoms with E-state index >= 15 is 0 Å². The van der Waals surface area contributed by atoms with E-state index in [-0.39, 0.29) is 6.04 Å². The molecule has 2 rings (SSSR count). The summed E-state index contributed by atoms with van der Waals surface area (Å²) < 4.78 is 30.7. The fourth-order valence-electron chi connectivity index (χ4n) is 1.42. The van der Waals surface area contributed by atoms with Crippen LogP contribution in [0.3, 0.4) is 0 Å². The van der Waals surface area contributed by atoms with Gasteiger partial charge < -0.3 is 5.73 Å². The molecule has 6 nitrogen and oxygen atoms in total. The Balaban J connectivity index is 2.19. The van der Waals surface area contributed by atoms with Crippen LogP contribution in [-0.2, 0) is 18.9 Å². The van der Waals surface area contributed by atoms with Crippen LogP contribution in [0.1, 0.15) is 12.8 Å².